The summed E-state index contributed by atoms with van der Waals surface area (Å²) in [7, 11) is -3.71. The number of unbranched alkanes of at least 4 members (excludes halogenated alkanes) is 5. The number of rotatable bonds is 17. The number of nitrogens with one attached hydrogen (secondary N) is 1. The summed E-state index contributed by atoms with van der Waals surface area (Å²) in [5, 5.41) is 18.0. The first-order chi connectivity index (χ1) is 30.8. The Morgan fingerprint density at radius 3 is 2.11 bits per heavy atom. The van der Waals surface area contributed by atoms with E-state index in [2.05, 4.69) is 35.9 Å². The van der Waals surface area contributed by atoms with Gasteiger partial charge in [-0.15, -0.1) is 10.2 Å². The van der Waals surface area contributed by atoms with Crippen LogP contribution in [0.5, 0.6) is 5.75 Å². The highest BCUT2D eigenvalue weighted by atomic mass is 35.5. The van der Waals surface area contributed by atoms with Crippen molar-refractivity contribution in [1.29, 1.82) is 0 Å². The standard InChI is InChI=1S/C19H17Cl2NO4.C19H23ClN2O2S.C3H8NO5P.C3H9S/c1-2-26-19(25)16(21)10-11-9-12(7-8-15(11)20)22-17(23)13-5-3-4-6-14(13)18(22)24;1-2-3-4-5-6-10-13-25-19(23)24-16-14-17(20)21-22-18(16)15-11-8-7-9-12-15;5-3(6)1-4-2-10(7,8)9;1-4(2)3/h7-10H,2-6H2,1H3;7-9,11-12,14H,2-6,10,13H2,1H3;4H,1-2H2,(H,5,6)(H2,7,8,9);1-3H3/q;;;+1/p-1/b16-10-;;;. The van der Waals surface area contributed by atoms with Crippen LogP contribution >= 0.6 is 54.2 Å². The van der Waals surface area contributed by atoms with E-state index in [1.807, 2.05) is 35.6 Å². The average Bonchev–Trinajstić information content (AvgIpc) is 3.50. The normalized spacial score (nSPS) is 14.2. The van der Waals surface area contributed by atoms with Crippen LogP contribution in [0.15, 0.2) is 70.8 Å². The fourth-order valence-electron chi connectivity index (χ4n) is 5.84. The van der Waals surface area contributed by atoms with Gasteiger partial charge in [0, 0.05) is 33.6 Å². The minimum Gasteiger partial charge on any atom is -0.778 e. The van der Waals surface area contributed by atoms with Gasteiger partial charge in [-0.05, 0) is 91.5 Å². The zero-order valence-electron chi connectivity index (χ0n) is 37.0. The summed E-state index contributed by atoms with van der Waals surface area (Å²) >= 11 is 19.2. The summed E-state index contributed by atoms with van der Waals surface area (Å²) in [4.78, 5) is 78.0. The van der Waals surface area contributed by atoms with E-state index in [1.165, 1.54) is 54.5 Å². The number of benzene rings is 2. The third-order valence-electron chi connectivity index (χ3n) is 8.66. The van der Waals surface area contributed by atoms with Gasteiger partial charge in [0.05, 0.1) is 43.9 Å². The molecular formula is C44H56Cl3N4O11PS2. The SMILES string of the molecule is CCCCCCCCSC(=O)Oc1cc(Cl)nnc1-c1ccccc1.CCOC(=O)/C(Cl)=C/c1cc(N2C(=O)C3=C(CCCC3)C2=O)ccc1Cl.C[S+](C)C.O=C(O)CNCP(=O)([O-])O. The van der Waals surface area contributed by atoms with Gasteiger partial charge >= 0.3 is 17.2 Å². The van der Waals surface area contributed by atoms with E-state index in [4.69, 9.17) is 54.3 Å². The molecule has 5 rings (SSSR count). The molecule has 3 aromatic rings. The van der Waals surface area contributed by atoms with E-state index in [1.54, 1.807) is 25.1 Å². The topological polar surface area (TPSA) is 225 Å². The fourth-order valence-corrected chi connectivity index (χ4v) is 7.38. The number of anilines is 1. The van der Waals surface area contributed by atoms with Crippen molar-refractivity contribution < 1.29 is 52.9 Å². The molecule has 0 fully saturated rings. The first kappa shape index (κ1) is 57.4. The first-order valence-corrected chi connectivity index (χ1v) is 26.9. The molecule has 0 spiro atoms. The highest BCUT2D eigenvalue weighted by Gasteiger charge is 2.39. The van der Waals surface area contributed by atoms with Crippen molar-refractivity contribution in [2.75, 3.05) is 48.9 Å². The first-order valence-electron chi connectivity index (χ1n) is 20.6. The molecule has 1 unspecified atom stereocenters. The van der Waals surface area contributed by atoms with Crippen LogP contribution in [0.2, 0.25) is 10.2 Å². The molecule has 1 aromatic heterocycles. The Balaban J connectivity index is 0.000000348. The van der Waals surface area contributed by atoms with Crippen LogP contribution in [-0.2, 0) is 39.4 Å². The lowest BCUT2D eigenvalue weighted by atomic mass is 9.93. The summed E-state index contributed by atoms with van der Waals surface area (Å²) < 4.78 is 20.2. The molecule has 21 heteroatoms. The predicted octanol–water partition coefficient (Wildman–Crippen LogP) is 9.27. The van der Waals surface area contributed by atoms with E-state index in [0.717, 1.165) is 37.0 Å². The number of imide groups is 1. The molecular weight excluding hydrogens is 962 g/mol. The number of carboxylic acid groups (broad SMARTS) is 1. The Morgan fingerprint density at radius 2 is 1.54 bits per heavy atom. The van der Waals surface area contributed by atoms with Gasteiger partial charge < -0.3 is 28.9 Å². The van der Waals surface area contributed by atoms with Gasteiger partial charge in [-0.25, -0.2) is 14.5 Å². The number of aromatic nitrogens is 2. The summed E-state index contributed by atoms with van der Waals surface area (Å²) in [5.41, 5.74) is 3.38. The van der Waals surface area contributed by atoms with Crippen LogP contribution in [0.25, 0.3) is 17.3 Å². The number of thioether (sulfide) groups is 1. The van der Waals surface area contributed by atoms with Gasteiger partial charge in [0.1, 0.15) is 18.3 Å². The minimum absolute atomic E-state index is 0.137. The van der Waals surface area contributed by atoms with Crippen LogP contribution in [0.4, 0.5) is 10.5 Å². The molecule has 2 amide bonds. The van der Waals surface area contributed by atoms with Crippen molar-refractivity contribution in [2.45, 2.75) is 78.1 Å². The molecule has 356 valence electrons. The van der Waals surface area contributed by atoms with Gasteiger partial charge in [-0.3, -0.25) is 19.7 Å². The maximum atomic E-state index is 12.7. The molecule has 1 aliphatic carbocycles. The largest absolute Gasteiger partial charge is 0.778 e. The van der Waals surface area contributed by atoms with Crippen LogP contribution in [0, 0.1) is 0 Å². The van der Waals surface area contributed by atoms with Crippen molar-refractivity contribution in [3.63, 3.8) is 0 Å². The van der Waals surface area contributed by atoms with Crippen LogP contribution < -0.4 is 19.8 Å². The number of hydrogen-bond donors (Lipinski definition) is 3. The monoisotopic (exact) mass is 1020 g/mol. The van der Waals surface area contributed by atoms with Gasteiger partial charge in [0.15, 0.2) is 10.9 Å². The van der Waals surface area contributed by atoms with Crippen molar-refractivity contribution in [1.82, 2.24) is 15.5 Å². The quantitative estimate of drug-likeness (QED) is 0.0286. The lowest BCUT2D eigenvalue weighted by molar-refractivity contribution is -0.193. The van der Waals surface area contributed by atoms with E-state index in [-0.39, 0.29) is 33.9 Å². The zero-order valence-corrected chi connectivity index (χ0v) is 41.8. The maximum Gasteiger partial charge on any atom is 0.372 e. The number of halogens is 3. The third kappa shape index (κ3) is 22.1. The number of carbonyl (C=O) groups excluding carboxylic acids is 4. The van der Waals surface area contributed by atoms with E-state index in [9.17, 15) is 33.4 Å². The number of hydrogen-bond acceptors (Lipinski definition) is 13. The highest BCUT2D eigenvalue weighted by molar-refractivity contribution is 8.13. The molecule has 1 aliphatic heterocycles. The molecule has 0 saturated carbocycles. The Kier molecular flexibility index (Phi) is 26.9. The summed E-state index contributed by atoms with van der Waals surface area (Å²) in [5.74, 6) is -1.30. The average molecular weight is 1020 g/mol. The number of carboxylic acids is 1. The Morgan fingerprint density at radius 1 is 0.938 bits per heavy atom. The second-order valence-corrected chi connectivity index (χ2v) is 20.9. The number of carbonyl (C=O) groups is 5. The maximum absolute atomic E-state index is 12.7. The fraction of sp³-hybridized carbons (Fsp3) is 0.432. The number of esters is 1. The molecule has 0 bridgehead atoms. The van der Waals surface area contributed by atoms with Gasteiger partial charge in [-0.2, -0.15) is 0 Å². The summed E-state index contributed by atoms with van der Waals surface area (Å²) in [6.07, 6.45) is 17.5. The summed E-state index contributed by atoms with van der Waals surface area (Å²) in [6.45, 7) is 3.60. The Bertz CT molecular complexity index is 2150. The molecule has 2 heterocycles. The van der Waals surface area contributed by atoms with Crippen LogP contribution in [0.3, 0.4) is 0 Å². The molecule has 2 aromatic carbocycles. The van der Waals surface area contributed by atoms with Gasteiger partial charge in [0.25, 0.3) is 11.8 Å². The molecule has 3 N–H and O–H groups in total. The van der Waals surface area contributed by atoms with Crippen LogP contribution in [0.1, 0.15) is 83.6 Å². The van der Waals surface area contributed by atoms with Gasteiger partial charge in [0.2, 0.25) is 0 Å². The molecule has 0 saturated heterocycles. The smallest absolute Gasteiger partial charge is 0.372 e. The molecule has 65 heavy (non-hydrogen) atoms. The lowest BCUT2D eigenvalue weighted by Crippen LogP contribution is -2.31. The lowest BCUT2D eigenvalue weighted by Gasteiger charge is -2.16. The van der Waals surface area contributed by atoms with E-state index < -0.39 is 32.4 Å². The van der Waals surface area contributed by atoms with Crippen molar-refractivity contribution in [3.05, 3.63) is 86.5 Å². The Labute approximate surface area is 402 Å². The van der Waals surface area contributed by atoms with Crippen molar-refractivity contribution >= 4 is 106 Å². The molecule has 2 aliphatic rings. The second-order valence-electron chi connectivity index (χ2n) is 14.6. The molecule has 1 atom stereocenters. The van der Waals surface area contributed by atoms with E-state index in [0.29, 0.717) is 62.6 Å². The summed E-state index contributed by atoms with van der Waals surface area (Å²) in [6, 6.07) is 15.7. The number of nitrogens with zero attached hydrogens (tertiary/aromatic N) is 3. The van der Waals surface area contributed by atoms with E-state index >= 15 is 0 Å². The number of ether oxygens (including phenoxy) is 2. The highest BCUT2D eigenvalue weighted by Crippen LogP contribution is 2.37. The predicted molar refractivity (Wildman–Crippen MR) is 260 cm³/mol. The minimum atomic E-state index is -4.35. The number of amides is 2. The Hall–Kier alpha value is -3.77. The molecule has 0 radical (unpaired) electrons. The molecule has 15 nitrogen and oxygen atoms in total. The number of aliphatic carboxylic acids is 1. The third-order valence-corrected chi connectivity index (χ3v) is 10.9. The zero-order chi connectivity index (χ0) is 48.5. The van der Waals surface area contributed by atoms with Crippen LogP contribution in [-0.4, -0.2) is 93.2 Å². The van der Waals surface area contributed by atoms with Crippen molar-refractivity contribution in [3.8, 4) is 17.0 Å². The second kappa shape index (κ2) is 30.5. The van der Waals surface area contributed by atoms with Crippen molar-refractivity contribution in [2.24, 2.45) is 0 Å². The van der Waals surface area contributed by atoms with Gasteiger partial charge in [-0.1, -0.05) is 104 Å².